The Balaban J connectivity index is 1.64. The summed E-state index contributed by atoms with van der Waals surface area (Å²) >= 11 is 8.32. The number of hydrogen-bond acceptors (Lipinski definition) is 1. The molecule has 7 rings (SSSR count). The van der Waals surface area contributed by atoms with Crippen molar-refractivity contribution in [3.05, 3.63) is 143 Å². The van der Waals surface area contributed by atoms with Crippen molar-refractivity contribution >= 4 is 23.4 Å². The number of halogens is 1. The lowest BCUT2D eigenvalue weighted by Gasteiger charge is -2.40. The molecule has 5 aromatic rings. The minimum absolute atomic E-state index is 0.363. The lowest BCUT2D eigenvalue weighted by molar-refractivity contribution is 0.723. The quantitative estimate of drug-likeness (QED) is 0.237. The largest absolute Gasteiger partial charge is 0.0893 e. The van der Waals surface area contributed by atoms with Gasteiger partial charge in [-0.1, -0.05) is 114 Å². The average Bonchev–Trinajstić information content (AvgIpc) is 3.16. The summed E-state index contributed by atoms with van der Waals surface area (Å²) in [4.78, 5) is 2.52. The third-order valence-corrected chi connectivity index (χ3v) is 8.38. The van der Waals surface area contributed by atoms with Crippen molar-refractivity contribution in [2.75, 3.05) is 0 Å². The second-order valence-electron chi connectivity index (χ2n) is 8.66. The van der Waals surface area contributed by atoms with E-state index in [-0.39, 0.29) is 5.41 Å². The molecule has 0 saturated heterocycles. The lowest BCUT2D eigenvalue weighted by atomic mass is 9.67. The van der Waals surface area contributed by atoms with Crippen molar-refractivity contribution in [2.24, 2.45) is 0 Å². The van der Waals surface area contributed by atoms with Gasteiger partial charge in [0.05, 0.1) is 5.41 Å². The van der Waals surface area contributed by atoms with E-state index in [0.717, 1.165) is 5.02 Å². The van der Waals surface area contributed by atoms with Crippen LogP contribution in [0.1, 0.15) is 22.3 Å². The molecule has 2 aliphatic rings. The van der Waals surface area contributed by atoms with Gasteiger partial charge < -0.3 is 0 Å². The van der Waals surface area contributed by atoms with Crippen molar-refractivity contribution < 1.29 is 0 Å². The van der Waals surface area contributed by atoms with Gasteiger partial charge in [-0.15, -0.1) is 0 Å². The summed E-state index contributed by atoms with van der Waals surface area (Å²) < 4.78 is 0. The van der Waals surface area contributed by atoms with Crippen molar-refractivity contribution in [3.63, 3.8) is 0 Å². The summed E-state index contributed by atoms with van der Waals surface area (Å²) in [5.41, 5.74) is 10.1. The van der Waals surface area contributed by atoms with E-state index >= 15 is 0 Å². The molecule has 0 nitrogen and oxygen atoms in total. The first-order valence-corrected chi connectivity index (χ1v) is 12.3. The van der Waals surface area contributed by atoms with Crippen LogP contribution in [0.25, 0.3) is 22.3 Å². The van der Waals surface area contributed by atoms with Gasteiger partial charge in [-0.25, -0.2) is 0 Å². The summed E-state index contributed by atoms with van der Waals surface area (Å²) in [5.74, 6) is 0. The van der Waals surface area contributed by atoms with E-state index in [1.54, 1.807) is 0 Å². The zero-order valence-corrected chi connectivity index (χ0v) is 19.3. The van der Waals surface area contributed by atoms with Gasteiger partial charge in [-0.3, -0.25) is 0 Å². The van der Waals surface area contributed by atoms with Crippen LogP contribution in [0, 0.1) is 0 Å². The molecule has 0 atom stereocenters. The second-order valence-corrected chi connectivity index (χ2v) is 10.2. The molecule has 156 valence electrons. The van der Waals surface area contributed by atoms with Gasteiger partial charge in [0, 0.05) is 14.8 Å². The zero-order valence-electron chi connectivity index (χ0n) is 17.8. The topological polar surface area (TPSA) is 0 Å². The molecule has 0 saturated carbocycles. The van der Waals surface area contributed by atoms with E-state index in [0.29, 0.717) is 0 Å². The van der Waals surface area contributed by atoms with E-state index in [1.165, 1.54) is 54.3 Å². The minimum atomic E-state index is -0.363. The second kappa shape index (κ2) is 7.12. The van der Waals surface area contributed by atoms with Crippen LogP contribution >= 0.6 is 23.4 Å². The fourth-order valence-electron chi connectivity index (χ4n) is 5.69. The van der Waals surface area contributed by atoms with Crippen molar-refractivity contribution in [2.45, 2.75) is 15.2 Å². The molecule has 0 fully saturated rings. The van der Waals surface area contributed by atoms with Gasteiger partial charge in [-0.05, 0) is 68.8 Å². The Bertz CT molecular complexity index is 1510. The molecular weight excluding hydrogens is 440 g/mol. The number of fused-ring (bicyclic) bond motifs is 9. The van der Waals surface area contributed by atoms with Crippen molar-refractivity contribution in [1.82, 2.24) is 0 Å². The maximum atomic E-state index is 6.49. The standard InChI is InChI=1S/C31H19ClS/c32-22-15-16-27-30(19-22)33-29-17-14-21(20-8-2-1-3-9-20)18-28(29)31(27)25-12-6-4-10-23(25)24-11-5-7-13-26(24)31/h1-19H. The lowest BCUT2D eigenvalue weighted by Crippen LogP contribution is -2.32. The molecule has 5 aromatic carbocycles. The van der Waals surface area contributed by atoms with Gasteiger partial charge in [0.1, 0.15) is 0 Å². The summed E-state index contributed by atoms with van der Waals surface area (Å²) in [7, 11) is 0. The van der Waals surface area contributed by atoms with Gasteiger partial charge in [-0.2, -0.15) is 0 Å². The fraction of sp³-hybridized carbons (Fsp3) is 0.0323. The van der Waals surface area contributed by atoms with Crippen LogP contribution in [-0.4, -0.2) is 0 Å². The van der Waals surface area contributed by atoms with E-state index < -0.39 is 0 Å². The molecule has 1 heterocycles. The van der Waals surface area contributed by atoms with E-state index in [9.17, 15) is 0 Å². The third kappa shape index (κ3) is 2.61. The van der Waals surface area contributed by atoms with Crippen LogP contribution in [0.3, 0.4) is 0 Å². The van der Waals surface area contributed by atoms with Crippen LogP contribution in [0.15, 0.2) is 125 Å². The maximum absolute atomic E-state index is 6.49. The molecule has 1 aliphatic heterocycles. The molecule has 0 bridgehead atoms. The Kier molecular flexibility index (Phi) is 4.15. The first kappa shape index (κ1) is 19.2. The molecule has 1 aliphatic carbocycles. The predicted octanol–water partition coefficient (Wildman–Crippen LogP) is 8.83. The van der Waals surface area contributed by atoms with Crippen LogP contribution in [-0.2, 0) is 5.41 Å². The molecule has 0 N–H and O–H groups in total. The molecular formula is C31H19ClS. The molecule has 0 unspecified atom stereocenters. The van der Waals surface area contributed by atoms with E-state index in [4.69, 9.17) is 11.6 Å². The van der Waals surface area contributed by atoms with Gasteiger partial charge in [0.15, 0.2) is 0 Å². The SMILES string of the molecule is Clc1ccc2c(c1)Sc1ccc(-c3ccccc3)cc1C21c2ccccc2-c2ccccc21. The van der Waals surface area contributed by atoms with Gasteiger partial charge in [0.2, 0.25) is 0 Å². The van der Waals surface area contributed by atoms with Crippen LogP contribution in [0.4, 0.5) is 0 Å². The molecule has 1 spiro atoms. The third-order valence-electron chi connectivity index (χ3n) is 7.01. The molecule has 0 amide bonds. The highest BCUT2D eigenvalue weighted by Crippen LogP contribution is 2.62. The highest BCUT2D eigenvalue weighted by atomic mass is 35.5. The number of hydrogen-bond donors (Lipinski definition) is 0. The summed E-state index contributed by atoms with van der Waals surface area (Å²) in [6, 6.07) is 41.8. The van der Waals surface area contributed by atoms with Crippen LogP contribution in [0.2, 0.25) is 5.02 Å². The molecule has 0 aromatic heterocycles. The predicted molar refractivity (Wildman–Crippen MR) is 138 cm³/mol. The fourth-order valence-corrected chi connectivity index (χ4v) is 7.14. The maximum Gasteiger partial charge on any atom is 0.0735 e. The Labute approximate surface area is 202 Å². The number of rotatable bonds is 1. The summed E-state index contributed by atoms with van der Waals surface area (Å²) in [6.45, 7) is 0. The molecule has 0 radical (unpaired) electrons. The smallest absolute Gasteiger partial charge is 0.0735 e. The monoisotopic (exact) mass is 458 g/mol. The van der Waals surface area contributed by atoms with Crippen molar-refractivity contribution in [1.29, 1.82) is 0 Å². The van der Waals surface area contributed by atoms with E-state index in [1.807, 2.05) is 17.8 Å². The normalized spacial score (nSPS) is 14.3. The Morgan fingerprint density at radius 3 is 1.88 bits per heavy atom. The molecule has 33 heavy (non-hydrogen) atoms. The Hall–Kier alpha value is -3.26. The highest BCUT2D eigenvalue weighted by Gasteiger charge is 2.50. The van der Waals surface area contributed by atoms with Gasteiger partial charge in [0.25, 0.3) is 0 Å². The highest BCUT2D eigenvalue weighted by molar-refractivity contribution is 7.99. The minimum Gasteiger partial charge on any atom is -0.0893 e. The van der Waals surface area contributed by atoms with Crippen LogP contribution in [0.5, 0.6) is 0 Å². The average molecular weight is 459 g/mol. The van der Waals surface area contributed by atoms with Gasteiger partial charge >= 0.3 is 0 Å². The summed E-state index contributed by atoms with van der Waals surface area (Å²) in [6.07, 6.45) is 0. The van der Waals surface area contributed by atoms with Crippen LogP contribution < -0.4 is 0 Å². The van der Waals surface area contributed by atoms with E-state index in [2.05, 4.69) is 109 Å². The Morgan fingerprint density at radius 2 is 1.15 bits per heavy atom. The first-order valence-electron chi connectivity index (χ1n) is 11.1. The first-order chi connectivity index (χ1) is 16.3. The molecule has 2 heteroatoms. The number of benzene rings is 5. The Morgan fingerprint density at radius 1 is 0.485 bits per heavy atom. The summed E-state index contributed by atoms with van der Waals surface area (Å²) in [5, 5.41) is 0.778. The van der Waals surface area contributed by atoms with Crippen molar-refractivity contribution in [3.8, 4) is 22.3 Å². The zero-order chi connectivity index (χ0) is 22.0.